The Kier molecular flexibility index (Phi) is 6.58. The van der Waals surface area contributed by atoms with Gasteiger partial charge >= 0.3 is 0 Å². The number of carbonyl (C=O) groups is 2. The molecule has 0 bridgehead atoms. The molecule has 0 unspecified atom stereocenters. The molecule has 2 N–H and O–H groups in total. The Morgan fingerprint density at radius 3 is 2.59 bits per heavy atom. The van der Waals surface area contributed by atoms with Crippen molar-refractivity contribution in [2.45, 2.75) is 20.4 Å². The molecule has 2 amide bonds. The van der Waals surface area contributed by atoms with Crippen LogP contribution >= 0.6 is 0 Å². The summed E-state index contributed by atoms with van der Waals surface area (Å²) in [5, 5.41) is 5.68. The predicted molar refractivity (Wildman–Crippen MR) is 112 cm³/mol. The smallest absolute Gasteiger partial charge is 0.255 e. The molecule has 1 heterocycles. The first-order valence-electron chi connectivity index (χ1n) is 9.39. The number of amides is 2. The number of hydrogen-bond acceptors (Lipinski definition) is 4. The fourth-order valence-electron chi connectivity index (χ4n) is 2.87. The highest BCUT2D eigenvalue weighted by Crippen LogP contribution is 2.21. The monoisotopic (exact) mass is 389 g/mol. The Labute approximate surface area is 169 Å². The number of aryl methyl sites for hydroxylation is 1. The number of rotatable bonds is 7. The highest BCUT2D eigenvalue weighted by atomic mass is 16.5. The highest BCUT2D eigenvalue weighted by Gasteiger charge is 2.15. The van der Waals surface area contributed by atoms with Gasteiger partial charge in [-0.25, -0.2) is 0 Å². The Bertz CT molecular complexity index is 1000. The Morgan fingerprint density at radius 2 is 1.86 bits per heavy atom. The summed E-state index contributed by atoms with van der Waals surface area (Å²) in [6.07, 6.45) is 3.38. The summed E-state index contributed by atoms with van der Waals surface area (Å²) in [7, 11) is 0. The van der Waals surface area contributed by atoms with Crippen molar-refractivity contribution in [3.8, 4) is 5.75 Å². The van der Waals surface area contributed by atoms with Gasteiger partial charge < -0.3 is 15.4 Å². The van der Waals surface area contributed by atoms with Gasteiger partial charge in [-0.15, -0.1) is 0 Å². The average Bonchev–Trinajstić information content (AvgIpc) is 2.74. The minimum atomic E-state index is -0.288. The molecule has 2 aromatic carbocycles. The van der Waals surface area contributed by atoms with Gasteiger partial charge in [-0.05, 0) is 61.4 Å². The molecule has 0 radical (unpaired) electrons. The third kappa shape index (κ3) is 5.19. The fraction of sp³-hybridized carbons (Fsp3) is 0.174. The lowest BCUT2D eigenvalue weighted by Gasteiger charge is -2.13. The van der Waals surface area contributed by atoms with E-state index < -0.39 is 0 Å². The van der Waals surface area contributed by atoms with Crippen LogP contribution in [0.15, 0.2) is 67.0 Å². The van der Waals surface area contributed by atoms with Crippen LogP contribution in [0, 0.1) is 6.92 Å². The highest BCUT2D eigenvalue weighted by molar-refractivity contribution is 6.09. The molecule has 0 aliphatic carbocycles. The summed E-state index contributed by atoms with van der Waals surface area (Å²) < 4.78 is 5.51. The van der Waals surface area contributed by atoms with Gasteiger partial charge in [-0.3, -0.25) is 14.6 Å². The van der Waals surface area contributed by atoms with E-state index in [-0.39, 0.29) is 11.8 Å². The number of carbonyl (C=O) groups excluding carboxylic acids is 2. The fourth-order valence-corrected chi connectivity index (χ4v) is 2.87. The van der Waals surface area contributed by atoms with Crippen LogP contribution in [0.1, 0.15) is 38.8 Å². The average molecular weight is 389 g/mol. The second-order valence-electron chi connectivity index (χ2n) is 6.46. The minimum absolute atomic E-state index is 0.271. The molecule has 3 rings (SSSR count). The van der Waals surface area contributed by atoms with Crippen LogP contribution in [0.2, 0.25) is 0 Å². The number of nitrogens with one attached hydrogen (secondary N) is 2. The maximum atomic E-state index is 12.7. The molecular formula is C23H23N3O3. The summed E-state index contributed by atoms with van der Waals surface area (Å²) in [5.74, 6) is 0.190. The number of aromatic nitrogens is 1. The van der Waals surface area contributed by atoms with Gasteiger partial charge in [0.1, 0.15) is 5.75 Å². The lowest BCUT2D eigenvalue weighted by atomic mass is 10.1. The molecule has 0 saturated carbocycles. The largest absolute Gasteiger partial charge is 0.494 e. The molecule has 0 aliphatic heterocycles. The zero-order valence-electron chi connectivity index (χ0n) is 16.4. The van der Waals surface area contributed by atoms with E-state index >= 15 is 0 Å². The number of anilines is 1. The summed E-state index contributed by atoms with van der Waals surface area (Å²) in [5.41, 5.74) is 3.12. The molecule has 148 valence electrons. The minimum Gasteiger partial charge on any atom is -0.494 e. The maximum Gasteiger partial charge on any atom is 0.255 e. The van der Waals surface area contributed by atoms with E-state index in [1.165, 1.54) is 0 Å². The number of benzene rings is 2. The van der Waals surface area contributed by atoms with Gasteiger partial charge in [0.15, 0.2) is 0 Å². The van der Waals surface area contributed by atoms with Crippen molar-refractivity contribution >= 4 is 17.5 Å². The van der Waals surface area contributed by atoms with Crippen molar-refractivity contribution < 1.29 is 14.3 Å². The van der Waals surface area contributed by atoms with Gasteiger partial charge in [0.2, 0.25) is 0 Å². The van der Waals surface area contributed by atoms with Crippen LogP contribution in [-0.2, 0) is 6.54 Å². The van der Waals surface area contributed by atoms with Crippen molar-refractivity contribution in [3.63, 3.8) is 0 Å². The predicted octanol–water partition coefficient (Wildman–Crippen LogP) is 3.97. The van der Waals surface area contributed by atoms with Gasteiger partial charge in [0, 0.05) is 24.5 Å². The molecule has 0 spiro atoms. The molecule has 0 aliphatic rings. The van der Waals surface area contributed by atoms with Gasteiger partial charge in [0.05, 0.1) is 17.9 Å². The third-order valence-electron chi connectivity index (χ3n) is 4.33. The first-order chi connectivity index (χ1) is 14.1. The van der Waals surface area contributed by atoms with Crippen LogP contribution in [0.25, 0.3) is 0 Å². The molecule has 0 fully saturated rings. The lowest BCUT2D eigenvalue weighted by Crippen LogP contribution is -2.25. The zero-order chi connectivity index (χ0) is 20.6. The number of pyridine rings is 1. The van der Waals surface area contributed by atoms with Crippen LogP contribution in [0.3, 0.4) is 0 Å². The topological polar surface area (TPSA) is 80.3 Å². The van der Waals surface area contributed by atoms with E-state index in [9.17, 15) is 9.59 Å². The number of hydrogen-bond donors (Lipinski definition) is 2. The molecule has 29 heavy (non-hydrogen) atoms. The third-order valence-corrected chi connectivity index (χ3v) is 4.33. The first kappa shape index (κ1) is 20.1. The first-order valence-corrected chi connectivity index (χ1v) is 9.39. The van der Waals surface area contributed by atoms with Crippen LogP contribution < -0.4 is 15.4 Å². The second-order valence-corrected chi connectivity index (χ2v) is 6.46. The lowest BCUT2D eigenvalue weighted by molar-refractivity contribution is 0.0951. The molecule has 6 nitrogen and oxygen atoms in total. The van der Waals surface area contributed by atoms with Crippen molar-refractivity contribution in [2.24, 2.45) is 0 Å². The van der Waals surface area contributed by atoms with E-state index in [0.29, 0.717) is 30.0 Å². The van der Waals surface area contributed by atoms with E-state index in [2.05, 4.69) is 15.6 Å². The van der Waals surface area contributed by atoms with Crippen molar-refractivity contribution in [1.82, 2.24) is 10.3 Å². The number of nitrogens with zero attached hydrogens (tertiary/aromatic N) is 1. The van der Waals surface area contributed by atoms with Crippen LogP contribution in [0.5, 0.6) is 5.75 Å². The van der Waals surface area contributed by atoms with E-state index in [4.69, 9.17) is 4.74 Å². The normalized spacial score (nSPS) is 10.3. The van der Waals surface area contributed by atoms with Crippen LogP contribution in [-0.4, -0.2) is 23.4 Å². The van der Waals surface area contributed by atoms with E-state index in [0.717, 1.165) is 16.9 Å². The van der Waals surface area contributed by atoms with Gasteiger partial charge in [-0.1, -0.05) is 18.2 Å². The molecule has 3 aromatic rings. The van der Waals surface area contributed by atoms with Gasteiger partial charge in [-0.2, -0.15) is 0 Å². The van der Waals surface area contributed by atoms with Crippen molar-refractivity contribution in [2.75, 3.05) is 11.9 Å². The SMILES string of the molecule is CCOc1ccc(C(=O)Nc2ccccc2C(=O)NCc2cccnc2)cc1C. The standard InChI is InChI=1S/C23H23N3O3/c1-3-29-21-11-10-18(13-16(21)2)22(27)26-20-9-5-4-8-19(20)23(28)25-15-17-7-6-12-24-14-17/h4-14H,3,15H2,1-2H3,(H,25,28)(H,26,27). The Balaban J connectivity index is 1.72. The number of para-hydroxylation sites is 1. The van der Waals surface area contributed by atoms with Gasteiger partial charge in [0.25, 0.3) is 11.8 Å². The summed E-state index contributed by atoms with van der Waals surface area (Å²) >= 11 is 0. The summed E-state index contributed by atoms with van der Waals surface area (Å²) in [6.45, 7) is 4.72. The summed E-state index contributed by atoms with van der Waals surface area (Å²) in [6, 6.07) is 15.9. The molecule has 1 aromatic heterocycles. The van der Waals surface area contributed by atoms with Crippen molar-refractivity contribution in [3.05, 3.63) is 89.2 Å². The second kappa shape index (κ2) is 9.50. The maximum absolute atomic E-state index is 12.7. The number of ether oxygens (including phenoxy) is 1. The quantitative estimate of drug-likeness (QED) is 0.641. The summed E-state index contributed by atoms with van der Waals surface area (Å²) in [4.78, 5) is 29.4. The van der Waals surface area contributed by atoms with Crippen LogP contribution in [0.4, 0.5) is 5.69 Å². The van der Waals surface area contributed by atoms with E-state index in [1.807, 2.05) is 26.0 Å². The molecule has 0 atom stereocenters. The Hall–Kier alpha value is -3.67. The van der Waals surface area contributed by atoms with E-state index in [1.54, 1.807) is 54.9 Å². The molecule has 6 heteroatoms. The Morgan fingerprint density at radius 1 is 1.03 bits per heavy atom. The zero-order valence-corrected chi connectivity index (χ0v) is 16.4. The molecule has 0 saturated heterocycles. The molecular weight excluding hydrogens is 366 g/mol. The van der Waals surface area contributed by atoms with Crippen molar-refractivity contribution in [1.29, 1.82) is 0 Å².